The summed E-state index contributed by atoms with van der Waals surface area (Å²) in [5.41, 5.74) is 2.23. The van der Waals surface area contributed by atoms with E-state index in [9.17, 15) is 4.79 Å². The van der Waals surface area contributed by atoms with Gasteiger partial charge < -0.3 is 0 Å². The van der Waals surface area contributed by atoms with Crippen LogP contribution in [-0.4, -0.2) is 21.8 Å². The fraction of sp³-hybridized carbons (Fsp3) is 0.591. The molecule has 0 amide bonds. The Balaban J connectivity index is 1.78. The summed E-state index contributed by atoms with van der Waals surface area (Å²) in [5, 5.41) is 1.07. The number of ketones is 1. The standard InChI is InChI=1S/C22H29N3OS/c1-14(26)15-9-10-17(23-13-15)25(16-7-6-8-16)20-24-18-19(27-20)22(4,5)12-11-21(18,2)3/h9-10,13,16H,6-8,11-12H2,1-5H3. The maximum absolute atomic E-state index is 11.6. The van der Waals surface area contributed by atoms with Crippen LogP contribution in [0.4, 0.5) is 10.9 Å². The Labute approximate surface area is 166 Å². The molecule has 0 atom stereocenters. The molecule has 0 saturated heterocycles. The van der Waals surface area contributed by atoms with Gasteiger partial charge >= 0.3 is 0 Å². The topological polar surface area (TPSA) is 46.1 Å². The molecule has 5 heteroatoms. The second-order valence-corrected chi connectivity index (χ2v) is 10.3. The molecule has 0 aromatic carbocycles. The number of hydrogen-bond acceptors (Lipinski definition) is 5. The van der Waals surface area contributed by atoms with Crippen molar-refractivity contribution >= 4 is 28.1 Å². The summed E-state index contributed by atoms with van der Waals surface area (Å²) < 4.78 is 0. The first-order chi connectivity index (χ1) is 12.7. The van der Waals surface area contributed by atoms with Crippen LogP contribution in [0.1, 0.15) is 87.7 Å². The van der Waals surface area contributed by atoms with Crippen molar-refractivity contribution in [2.75, 3.05) is 4.90 Å². The second kappa shape index (κ2) is 6.40. The third kappa shape index (κ3) is 3.20. The van der Waals surface area contributed by atoms with Gasteiger partial charge in [-0.1, -0.05) is 27.7 Å². The highest BCUT2D eigenvalue weighted by atomic mass is 32.1. The van der Waals surface area contributed by atoms with Crippen LogP contribution in [0.5, 0.6) is 0 Å². The second-order valence-electron chi connectivity index (χ2n) is 9.36. The monoisotopic (exact) mass is 383 g/mol. The molecule has 4 rings (SSSR count). The van der Waals surface area contributed by atoms with Crippen molar-refractivity contribution in [3.8, 4) is 0 Å². The van der Waals surface area contributed by atoms with Gasteiger partial charge in [0.15, 0.2) is 10.9 Å². The SMILES string of the molecule is CC(=O)c1ccc(N(c2nc3c(s2)C(C)(C)CCC3(C)C)C2CCC2)nc1. The number of thiazole rings is 1. The number of carbonyl (C=O) groups excluding carboxylic acids is 1. The predicted molar refractivity (Wildman–Crippen MR) is 111 cm³/mol. The smallest absolute Gasteiger partial charge is 0.191 e. The first-order valence-electron chi connectivity index (χ1n) is 9.97. The van der Waals surface area contributed by atoms with Crippen LogP contribution in [-0.2, 0) is 10.8 Å². The predicted octanol–water partition coefficient (Wildman–Crippen LogP) is 5.78. The zero-order chi connectivity index (χ0) is 19.4. The molecule has 0 radical (unpaired) electrons. The average molecular weight is 384 g/mol. The molecule has 27 heavy (non-hydrogen) atoms. The van der Waals surface area contributed by atoms with Crippen molar-refractivity contribution in [3.63, 3.8) is 0 Å². The van der Waals surface area contributed by atoms with E-state index < -0.39 is 0 Å². The van der Waals surface area contributed by atoms with E-state index in [1.807, 2.05) is 23.5 Å². The van der Waals surface area contributed by atoms with E-state index in [0.717, 1.165) is 10.9 Å². The van der Waals surface area contributed by atoms with Gasteiger partial charge in [-0.15, -0.1) is 11.3 Å². The number of Topliss-reactive ketones (excluding diaryl/α,β-unsaturated/α-hetero) is 1. The lowest BCUT2D eigenvalue weighted by molar-refractivity contribution is 0.101. The van der Waals surface area contributed by atoms with Gasteiger partial charge in [0, 0.05) is 33.5 Å². The van der Waals surface area contributed by atoms with E-state index in [1.54, 1.807) is 13.1 Å². The molecule has 1 saturated carbocycles. The van der Waals surface area contributed by atoms with Crippen LogP contribution in [0.25, 0.3) is 0 Å². The maximum atomic E-state index is 11.6. The molecular weight excluding hydrogens is 354 g/mol. The quantitative estimate of drug-likeness (QED) is 0.628. The third-order valence-corrected chi connectivity index (χ3v) is 7.71. The van der Waals surface area contributed by atoms with Gasteiger partial charge in [-0.3, -0.25) is 9.69 Å². The Morgan fingerprint density at radius 1 is 1.15 bits per heavy atom. The van der Waals surface area contributed by atoms with Crippen LogP contribution < -0.4 is 4.90 Å². The minimum Gasteiger partial charge on any atom is -0.299 e. The van der Waals surface area contributed by atoms with Gasteiger partial charge in [0.2, 0.25) is 0 Å². The maximum Gasteiger partial charge on any atom is 0.191 e. The molecule has 1 fully saturated rings. The van der Waals surface area contributed by atoms with Gasteiger partial charge in [-0.05, 0) is 51.2 Å². The van der Waals surface area contributed by atoms with E-state index in [0.29, 0.717) is 11.6 Å². The van der Waals surface area contributed by atoms with E-state index in [4.69, 9.17) is 4.98 Å². The Bertz CT molecular complexity index is 829. The summed E-state index contributed by atoms with van der Waals surface area (Å²) in [7, 11) is 0. The van der Waals surface area contributed by atoms with Gasteiger partial charge in [0.1, 0.15) is 5.82 Å². The molecule has 2 aromatic rings. The molecule has 4 nitrogen and oxygen atoms in total. The fourth-order valence-electron chi connectivity index (χ4n) is 4.01. The number of aromatic nitrogens is 2. The lowest BCUT2D eigenvalue weighted by atomic mass is 9.69. The minimum atomic E-state index is 0.0532. The number of pyridine rings is 1. The first kappa shape index (κ1) is 18.6. The first-order valence-corrected chi connectivity index (χ1v) is 10.8. The highest BCUT2D eigenvalue weighted by Crippen LogP contribution is 2.51. The molecule has 0 bridgehead atoms. The zero-order valence-electron chi connectivity index (χ0n) is 17.0. The average Bonchev–Trinajstić information content (AvgIpc) is 3.03. The van der Waals surface area contributed by atoms with Crippen LogP contribution >= 0.6 is 11.3 Å². The molecule has 2 aliphatic carbocycles. The molecule has 0 aliphatic heterocycles. The molecule has 0 spiro atoms. The Kier molecular flexibility index (Phi) is 4.41. The summed E-state index contributed by atoms with van der Waals surface area (Å²) in [6, 6.07) is 4.32. The summed E-state index contributed by atoms with van der Waals surface area (Å²) >= 11 is 1.84. The molecule has 0 N–H and O–H groups in total. The van der Waals surface area contributed by atoms with E-state index in [1.165, 1.54) is 42.7 Å². The normalized spacial score (nSPS) is 20.6. The Hall–Kier alpha value is -1.75. The lowest BCUT2D eigenvalue weighted by Gasteiger charge is -2.37. The number of anilines is 2. The molecular formula is C22H29N3OS. The Morgan fingerprint density at radius 3 is 2.37 bits per heavy atom. The highest BCUT2D eigenvalue weighted by molar-refractivity contribution is 7.16. The van der Waals surface area contributed by atoms with Crippen molar-refractivity contribution in [2.45, 2.75) is 83.6 Å². The molecule has 2 heterocycles. The summed E-state index contributed by atoms with van der Waals surface area (Å²) in [4.78, 5) is 25.2. The van der Waals surface area contributed by atoms with Crippen molar-refractivity contribution < 1.29 is 4.79 Å². The molecule has 0 unspecified atom stereocenters. The minimum absolute atomic E-state index is 0.0532. The summed E-state index contributed by atoms with van der Waals surface area (Å²) in [6.45, 7) is 10.9. The number of nitrogens with zero attached hydrogens (tertiary/aromatic N) is 3. The zero-order valence-corrected chi connectivity index (χ0v) is 17.8. The highest BCUT2D eigenvalue weighted by Gasteiger charge is 2.42. The van der Waals surface area contributed by atoms with E-state index in [2.05, 4.69) is 37.6 Å². The van der Waals surface area contributed by atoms with Crippen LogP contribution in [0.2, 0.25) is 0 Å². The van der Waals surface area contributed by atoms with Gasteiger partial charge in [0.05, 0.1) is 5.69 Å². The van der Waals surface area contributed by atoms with E-state index in [-0.39, 0.29) is 16.6 Å². The van der Waals surface area contributed by atoms with Crippen molar-refractivity contribution in [2.24, 2.45) is 0 Å². The lowest BCUT2D eigenvalue weighted by Crippen LogP contribution is -2.37. The number of hydrogen-bond donors (Lipinski definition) is 0. The van der Waals surface area contributed by atoms with Gasteiger partial charge in [-0.2, -0.15) is 0 Å². The summed E-state index contributed by atoms with van der Waals surface area (Å²) in [5.74, 6) is 0.962. The number of rotatable bonds is 4. The molecule has 2 aromatic heterocycles. The van der Waals surface area contributed by atoms with Crippen molar-refractivity contribution in [1.82, 2.24) is 9.97 Å². The van der Waals surface area contributed by atoms with Gasteiger partial charge in [0.25, 0.3) is 0 Å². The van der Waals surface area contributed by atoms with Crippen LogP contribution in [0, 0.1) is 0 Å². The van der Waals surface area contributed by atoms with Crippen LogP contribution in [0.15, 0.2) is 18.3 Å². The fourth-order valence-corrected chi connectivity index (χ4v) is 5.47. The van der Waals surface area contributed by atoms with Gasteiger partial charge in [-0.25, -0.2) is 9.97 Å². The van der Waals surface area contributed by atoms with Crippen molar-refractivity contribution in [1.29, 1.82) is 0 Å². The largest absolute Gasteiger partial charge is 0.299 e. The number of carbonyl (C=O) groups is 1. The van der Waals surface area contributed by atoms with Crippen molar-refractivity contribution in [3.05, 3.63) is 34.5 Å². The van der Waals surface area contributed by atoms with E-state index >= 15 is 0 Å². The van der Waals surface area contributed by atoms with Crippen LogP contribution in [0.3, 0.4) is 0 Å². The number of fused-ring (bicyclic) bond motifs is 1. The Morgan fingerprint density at radius 2 is 1.85 bits per heavy atom. The molecule has 2 aliphatic rings. The molecule has 144 valence electrons. The summed E-state index contributed by atoms with van der Waals surface area (Å²) in [6.07, 6.45) is 7.68. The third-order valence-electron chi connectivity index (χ3n) is 6.29.